The van der Waals surface area contributed by atoms with Crippen molar-refractivity contribution in [2.75, 3.05) is 6.61 Å². The van der Waals surface area contributed by atoms with Crippen molar-refractivity contribution in [1.29, 1.82) is 0 Å². The number of hydrogen-bond acceptors (Lipinski definition) is 4. The van der Waals surface area contributed by atoms with Crippen LogP contribution in [-0.2, 0) is 14.9 Å². The van der Waals surface area contributed by atoms with Gasteiger partial charge >= 0.3 is 21.3 Å². The summed E-state index contributed by atoms with van der Waals surface area (Å²) >= 11 is 1.75. The van der Waals surface area contributed by atoms with Gasteiger partial charge in [-0.05, 0) is 40.8 Å². The van der Waals surface area contributed by atoms with Crippen LogP contribution in [0, 0.1) is 9.39 Å². The van der Waals surface area contributed by atoms with Gasteiger partial charge in [-0.2, -0.15) is 17.2 Å². The van der Waals surface area contributed by atoms with E-state index in [1.165, 1.54) is 6.07 Å². The van der Waals surface area contributed by atoms with Crippen LogP contribution in [0.3, 0.4) is 0 Å². The SMILES string of the molecule is O=C(OCC(F)(F)S(=O)(=O)O)c1cc(I)ccc1F. The van der Waals surface area contributed by atoms with E-state index in [2.05, 4.69) is 4.74 Å². The maximum Gasteiger partial charge on any atom is 0.402 e. The van der Waals surface area contributed by atoms with Crippen molar-refractivity contribution in [1.82, 2.24) is 0 Å². The van der Waals surface area contributed by atoms with E-state index in [0.29, 0.717) is 3.57 Å². The summed E-state index contributed by atoms with van der Waals surface area (Å²) in [5, 5.41) is -4.65. The first-order chi connectivity index (χ1) is 8.54. The predicted molar refractivity (Wildman–Crippen MR) is 65.9 cm³/mol. The molecule has 0 unspecified atom stereocenters. The van der Waals surface area contributed by atoms with Crippen LogP contribution in [0.4, 0.5) is 13.2 Å². The molecule has 0 saturated carbocycles. The number of halogens is 4. The third kappa shape index (κ3) is 4.04. The Morgan fingerprint density at radius 2 is 2.00 bits per heavy atom. The molecule has 0 spiro atoms. The number of benzene rings is 1. The van der Waals surface area contributed by atoms with E-state index in [9.17, 15) is 26.4 Å². The topological polar surface area (TPSA) is 80.7 Å². The molecule has 0 fully saturated rings. The number of rotatable bonds is 4. The van der Waals surface area contributed by atoms with Crippen LogP contribution in [-0.4, -0.2) is 30.8 Å². The number of carbonyl (C=O) groups excluding carboxylic acids is 1. The van der Waals surface area contributed by atoms with E-state index < -0.39 is 39.3 Å². The van der Waals surface area contributed by atoms with Crippen molar-refractivity contribution < 1.29 is 35.7 Å². The van der Waals surface area contributed by atoms with E-state index in [0.717, 1.165) is 12.1 Å². The smallest absolute Gasteiger partial charge is 0.402 e. The molecule has 0 radical (unpaired) electrons. The number of ether oxygens (including phenoxy) is 1. The minimum atomic E-state index is -5.70. The number of hydrogen-bond donors (Lipinski definition) is 1. The largest absolute Gasteiger partial charge is 0.454 e. The van der Waals surface area contributed by atoms with Gasteiger partial charge in [0.25, 0.3) is 0 Å². The zero-order chi connectivity index (χ0) is 14.8. The van der Waals surface area contributed by atoms with Gasteiger partial charge in [-0.25, -0.2) is 9.18 Å². The number of esters is 1. The lowest BCUT2D eigenvalue weighted by molar-refractivity contribution is -0.00979. The molecule has 0 saturated heterocycles. The Balaban J connectivity index is 2.85. The molecule has 0 aliphatic rings. The Labute approximate surface area is 119 Å². The zero-order valence-corrected chi connectivity index (χ0v) is 11.9. The molecule has 0 bridgehead atoms. The first-order valence-corrected chi connectivity index (χ1v) is 7.03. The lowest BCUT2D eigenvalue weighted by Crippen LogP contribution is -2.34. The van der Waals surface area contributed by atoms with Crippen LogP contribution < -0.4 is 0 Å². The molecule has 1 rings (SSSR count). The Kier molecular flexibility index (Phi) is 4.79. The van der Waals surface area contributed by atoms with E-state index in [1.807, 2.05) is 0 Å². The van der Waals surface area contributed by atoms with Gasteiger partial charge in [0, 0.05) is 3.57 Å². The van der Waals surface area contributed by atoms with Crippen LogP contribution in [0.1, 0.15) is 10.4 Å². The molecule has 0 aromatic heterocycles. The van der Waals surface area contributed by atoms with Crippen molar-refractivity contribution in [3.8, 4) is 0 Å². The summed E-state index contributed by atoms with van der Waals surface area (Å²) in [6.45, 7) is -1.91. The van der Waals surface area contributed by atoms with E-state index in [1.54, 1.807) is 22.6 Å². The molecule has 1 aromatic rings. The molecule has 0 aliphatic carbocycles. The molecule has 10 heteroatoms. The Hall–Kier alpha value is -0.880. The lowest BCUT2D eigenvalue weighted by Gasteiger charge is -2.13. The summed E-state index contributed by atoms with van der Waals surface area (Å²) in [6, 6.07) is 3.31. The fraction of sp³-hybridized carbons (Fsp3) is 0.222. The van der Waals surface area contributed by atoms with Gasteiger partial charge < -0.3 is 4.74 Å². The van der Waals surface area contributed by atoms with Gasteiger partial charge in [0.15, 0.2) is 6.61 Å². The van der Waals surface area contributed by atoms with Gasteiger partial charge in [-0.15, -0.1) is 0 Å². The minimum Gasteiger partial charge on any atom is -0.454 e. The summed E-state index contributed by atoms with van der Waals surface area (Å²) in [6.07, 6.45) is 0. The Morgan fingerprint density at radius 1 is 1.42 bits per heavy atom. The lowest BCUT2D eigenvalue weighted by atomic mass is 10.2. The van der Waals surface area contributed by atoms with E-state index in [-0.39, 0.29) is 0 Å². The highest BCUT2D eigenvalue weighted by molar-refractivity contribution is 14.1. The van der Waals surface area contributed by atoms with Gasteiger partial charge in [0.2, 0.25) is 0 Å². The summed E-state index contributed by atoms with van der Waals surface area (Å²) < 4.78 is 71.9. The van der Waals surface area contributed by atoms with Crippen molar-refractivity contribution in [3.05, 3.63) is 33.1 Å². The maximum atomic E-state index is 13.2. The molecular formula is C9H6F3IO5S. The molecule has 0 heterocycles. The van der Waals surface area contributed by atoms with Crippen LogP contribution >= 0.6 is 22.6 Å². The fourth-order valence-corrected chi connectivity index (χ4v) is 1.65. The maximum absolute atomic E-state index is 13.2. The molecule has 0 amide bonds. The summed E-state index contributed by atoms with van der Waals surface area (Å²) in [7, 11) is -5.70. The summed E-state index contributed by atoms with van der Waals surface area (Å²) in [5.41, 5.74) is -0.613. The minimum absolute atomic E-state index is 0.451. The van der Waals surface area contributed by atoms with Crippen molar-refractivity contribution in [2.45, 2.75) is 5.25 Å². The number of carbonyl (C=O) groups is 1. The molecular weight excluding hydrogens is 404 g/mol. The Bertz CT molecular complexity index is 602. The monoisotopic (exact) mass is 410 g/mol. The molecule has 1 aromatic carbocycles. The van der Waals surface area contributed by atoms with Crippen LogP contribution in [0.25, 0.3) is 0 Å². The highest BCUT2D eigenvalue weighted by Gasteiger charge is 2.45. The van der Waals surface area contributed by atoms with Crippen molar-refractivity contribution in [2.24, 2.45) is 0 Å². The number of alkyl halides is 2. The molecule has 5 nitrogen and oxygen atoms in total. The van der Waals surface area contributed by atoms with E-state index >= 15 is 0 Å². The highest BCUT2D eigenvalue weighted by Crippen LogP contribution is 2.22. The fourth-order valence-electron chi connectivity index (χ4n) is 0.956. The van der Waals surface area contributed by atoms with Crippen LogP contribution in [0.5, 0.6) is 0 Å². The summed E-state index contributed by atoms with van der Waals surface area (Å²) in [5.74, 6) is -2.46. The quantitative estimate of drug-likeness (QED) is 0.467. The Morgan fingerprint density at radius 3 is 2.53 bits per heavy atom. The van der Waals surface area contributed by atoms with Crippen molar-refractivity contribution in [3.63, 3.8) is 0 Å². The highest BCUT2D eigenvalue weighted by atomic mass is 127. The van der Waals surface area contributed by atoms with E-state index in [4.69, 9.17) is 4.55 Å². The van der Waals surface area contributed by atoms with Gasteiger partial charge in [0.1, 0.15) is 5.82 Å². The third-order valence-electron chi connectivity index (χ3n) is 1.90. The first kappa shape index (κ1) is 16.2. The molecule has 19 heavy (non-hydrogen) atoms. The zero-order valence-electron chi connectivity index (χ0n) is 8.94. The average molecular weight is 410 g/mol. The summed E-state index contributed by atoms with van der Waals surface area (Å²) in [4.78, 5) is 11.3. The first-order valence-electron chi connectivity index (χ1n) is 4.51. The van der Waals surface area contributed by atoms with Crippen molar-refractivity contribution >= 4 is 38.7 Å². The molecule has 1 N–H and O–H groups in total. The standard InChI is InChI=1S/C9H6F3IO5S/c10-7-2-1-5(13)3-6(7)8(14)18-4-9(11,12)19(15,16)17/h1-3H,4H2,(H,15,16,17). The van der Waals surface area contributed by atoms with Gasteiger partial charge in [0.05, 0.1) is 5.56 Å². The normalized spacial score (nSPS) is 12.3. The third-order valence-corrected chi connectivity index (χ3v) is 3.44. The average Bonchev–Trinajstić information content (AvgIpc) is 2.28. The predicted octanol–water partition coefficient (Wildman–Crippen LogP) is 2.07. The second-order valence-electron chi connectivity index (χ2n) is 3.31. The second kappa shape index (κ2) is 5.63. The molecule has 106 valence electrons. The van der Waals surface area contributed by atoms with Crippen LogP contribution in [0.15, 0.2) is 18.2 Å². The van der Waals surface area contributed by atoms with Gasteiger partial charge in [-0.3, -0.25) is 4.55 Å². The van der Waals surface area contributed by atoms with Crippen LogP contribution in [0.2, 0.25) is 0 Å². The second-order valence-corrected chi connectivity index (χ2v) is 6.11. The molecule has 0 aliphatic heterocycles. The molecule has 0 atom stereocenters. The van der Waals surface area contributed by atoms with Gasteiger partial charge in [-0.1, -0.05) is 0 Å².